The van der Waals surface area contributed by atoms with Gasteiger partial charge in [-0.15, -0.1) is 0 Å². The van der Waals surface area contributed by atoms with E-state index in [0.29, 0.717) is 5.76 Å². The Morgan fingerprint density at radius 3 is 2.73 bits per heavy atom. The van der Waals surface area contributed by atoms with Crippen LogP contribution in [-0.2, 0) is 6.42 Å². The van der Waals surface area contributed by atoms with E-state index in [0.717, 1.165) is 17.5 Å². The zero-order valence-electron chi connectivity index (χ0n) is 9.29. The van der Waals surface area contributed by atoms with Crippen LogP contribution in [0.25, 0.3) is 0 Å². The van der Waals surface area contributed by atoms with Crippen molar-refractivity contribution in [1.29, 1.82) is 0 Å². The van der Waals surface area contributed by atoms with Crippen molar-refractivity contribution >= 4 is 21.8 Å². The highest BCUT2D eigenvalue weighted by Crippen LogP contribution is 2.12. The van der Waals surface area contributed by atoms with Crippen LogP contribution in [0.15, 0.2) is 16.5 Å². The number of aryl methyl sites for hydroxylation is 1. The fourth-order valence-corrected chi connectivity index (χ4v) is 1.59. The van der Waals surface area contributed by atoms with Crippen molar-refractivity contribution in [1.82, 2.24) is 4.90 Å². The molecule has 0 aliphatic heterocycles. The van der Waals surface area contributed by atoms with Gasteiger partial charge >= 0.3 is 0 Å². The lowest BCUT2D eigenvalue weighted by atomic mass is 10.3. The Bertz CT molecular complexity index is 335. The van der Waals surface area contributed by atoms with E-state index >= 15 is 0 Å². The van der Waals surface area contributed by atoms with Gasteiger partial charge in [-0.1, -0.05) is 22.9 Å². The SMILES string of the molecule is CCc1ccc(C(=O)N(C)C(C)CBr)o1. The molecule has 0 N–H and O–H groups in total. The molecule has 0 saturated carbocycles. The summed E-state index contributed by atoms with van der Waals surface area (Å²) in [6, 6.07) is 3.74. The van der Waals surface area contributed by atoms with Gasteiger partial charge in [0.05, 0.1) is 0 Å². The number of nitrogens with zero attached hydrogens (tertiary/aromatic N) is 1. The highest BCUT2D eigenvalue weighted by molar-refractivity contribution is 9.09. The third-order valence-corrected chi connectivity index (χ3v) is 3.36. The van der Waals surface area contributed by atoms with E-state index < -0.39 is 0 Å². The van der Waals surface area contributed by atoms with Crippen molar-refractivity contribution in [2.75, 3.05) is 12.4 Å². The summed E-state index contributed by atoms with van der Waals surface area (Å²) < 4.78 is 5.40. The maximum Gasteiger partial charge on any atom is 0.289 e. The van der Waals surface area contributed by atoms with E-state index in [9.17, 15) is 4.79 Å². The quantitative estimate of drug-likeness (QED) is 0.791. The van der Waals surface area contributed by atoms with Gasteiger partial charge in [0.15, 0.2) is 5.76 Å². The lowest BCUT2D eigenvalue weighted by molar-refractivity contribution is 0.0724. The molecule has 0 saturated heterocycles. The van der Waals surface area contributed by atoms with Gasteiger partial charge in [0.25, 0.3) is 5.91 Å². The Hall–Kier alpha value is -0.770. The third-order valence-electron chi connectivity index (χ3n) is 2.43. The van der Waals surface area contributed by atoms with Crippen LogP contribution in [-0.4, -0.2) is 29.2 Å². The molecular formula is C11H16BrNO2. The lowest BCUT2D eigenvalue weighted by Crippen LogP contribution is -2.35. The summed E-state index contributed by atoms with van der Waals surface area (Å²) in [5.41, 5.74) is 0. The van der Waals surface area contributed by atoms with Crippen molar-refractivity contribution < 1.29 is 9.21 Å². The first-order valence-electron chi connectivity index (χ1n) is 5.02. The molecule has 15 heavy (non-hydrogen) atoms. The molecular weight excluding hydrogens is 258 g/mol. The van der Waals surface area contributed by atoms with Crippen LogP contribution in [0, 0.1) is 0 Å². The predicted octanol–water partition coefficient (Wildman–Crippen LogP) is 2.70. The van der Waals surface area contributed by atoms with Crippen molar-refractivity contribution in [2.45, 2.75) is 26.3 Å². The topological polar surface area (TPSA) is 33.5 Å². The maximum absolute atomic E-state index is 11.9. The van der Waals surface area contributed by atoms with E-state index in [1.165, 1.54) is 0 Å². The molecule has 0 fully saturated rings. The van der Waals surface area contributed by atoms with Crippen LogP contribution in [0.3, 0.4) is 0 Å². The summed E-state index contributed by atoms with van der Waals surface area (Å²) in [4.78, 5) is 13.6. The number of hydrogen-bond donors (Lipinski definition) is 0. The minimum absolute atomic E-state index is 0.0679. The number of hydrogen-bond acceptors (Lipinski definition) is 2. The maximum atomic E-state index is 11.9. The summed E-state index contributed by atoms with van der Waals surface area (Å²) >= 11 is 3.35. The van der Waals surface area contributed by atoms with Gasteiger partial charge in [-0.3, -0.25) is 4.79 Å². The van der Waals surface area contributed by atoms with Crippen LogP contribution >= 0.6 is 15.9 Å². The molecule has 1 unspecified atom stereocenters. The third kappa shape index (κ3) is 2.84. The fourth-order valence-electron chi connectivity index (χ4n) is 1.16. The first-order chi connectivity index (χ1) is 7.10. The molecule has 1 aromatic rings. The van der Waals surface area contributed by atoms with Gasteiger partial charge in [0.1, 0.15) is 5.76 Å². The first-order valence-corrected chi connectivity index (χ1v) is 6.14. The molecule has 0 aliphatic rings. The molecule has 4 heteroatoms. The Kier molecular flexibility index (Phi) is 4.39. The average molecular weight is 274 g/mol. The van der Waals surface area contributed by atoms with Crippen molar-refractivity contribution in [3.05, 3.63) is 23.7 Å². The highest BCUT2D eigenvalue weighted by Gasteiger charge is 2.19. The monoisotopic (exact) mass is 273 g/mol. The van der Waals surface area contributed by atoms with E-state index in [-0.39, 0.29) is 11.9 Å². The minimum atomic E-state index is -0.0679. The number of halogens is 1. The number of carbonyl (C=O) groups is 1. The molecule has 3 nitrogen and oxygen atoms in total. The van der Waals surface area contributed by atoms with E-state index in [4.69, 9.17) is 4.42 Å². The summed E-state index contributed by atoms with van der Waals surface area (Å²) in [6.45, 7) is 3.98. The largest absolute Gasteiger partial charge is 0.456 e. The summed E-state index contributed by atoms with van der Waals surface area (Å²) in [7, 11) is 1.78. The molecule has 1 atom stereocenters. The standard InChI is InChI=1S/C11H16BrNO2/c1-4-9-5-6-10(15-9)11(14)13(3)8(2)7-12/h5-6,8H,4,7H2,1-3H3. The van der Waals surface area contributed by atoms with Crippen molar-refractivity contribution in [2.24, 2.45) is 0 Å². The van der Waals surface area contributed by atoms with Crippen LogP contribution < -0.4 is 0 Å². The number of amides is 1. The number of alkyl halides is 1. The zero-order chi connectivity index (χ0) is 11.4. The van der Waals surface area contributed by atoms with Gasteiger partial charge in [0, 0.05) is 24.8 Å². The van der Waals surface area contributed by atoms with E-state index in [1.807, 2.05) is 19.9 Å². The van der Waals surface area contributed by atoms with Crippen LogP contribution in [0.1, 0.15) is 30.2 Å². The Morgan fingerprint density at radius 2 is 2.27 bits per heavy atom. The van der Waals surface area contributed by atoms with Gasteiger partial charge < -0.3 is 9.32 Å². The van der Waals surface area contributed by atoms with Gasteiger partial charge in [-0.05, 0) is 19.1 Å². The van der Waals surface area contributed by atoms with E-state index in [1.54, 1.807) is 18.0 Å². The first kappa shape index (κ1) is 12.3. The molecule has 0 spiro atoms. The van der Waals surface area contributed by atoms with Crippen LogP contribution in [0.2, 0.25) is 0 Å². The number of carbonyl (C=O) groups excluding carboxylic acids is 1. The number of rotatable bonds is 4. The molecule has 0 radical (unpaired) electrons. The normalized spacial score (nSPS) is 12.5. The lowest BCUT2D eigenvalue weighted by Gasteiger charge is -2.21. The Labute approximate surface area is 98.6 Å². The zero-order valence-corrected chi connectivity index (χ0v) is 10.9. The second-order valence-corrected chi connectivity index (χ2v) is 4.19. The van der Waals surface area contributed by atoms with Gasteiger partial charge in [0.2, 0.25) is 0 Å². The molecule has 1 rings (SSSR count). The predicted molar refractivity (Wildman–Crippen MR) is 63.4 cm³/mol. The van der Waals surface area contributed by atoms with Gasteiger partial charge in [-0.2, -0.15) is 0 Å². The number of furan rings is 1. The second kappa shape index (κ2) is 5.35. The fraction of sp³-hybridized carbons (Fsp3) is 0.545. The smallest absolute Gasteiger partial charge is 0.289 e. The molecule has 1 amide bonds. The molecule has 0 bridgehead atoms. The van der Waals surface area contributed by atoms with Crippen LogP contribution in [0.5, 0.6) is 0 Å². The molecule has 0 aromatic carbocycles. The van der Waals surface area contributed by atoms with E-state index in [2.05, 4.69) is 15.9 Å². The highest BCUT2D eigenvalue weighted by atomic mass is 79.9. The summed E-state index contributed by atoms with van der Waals surface area (Å²) in [6.07, 6.45) is 0.811. The molecule has 1 heterocycles. The van der Waals surface area contributed by atoms with Crippen molar-refractivity contribution in [3.63, 3.8) is 0 Å². The Balaban J connectivity index is 2.75. The van der Waals surface area contributed by atoms with Gasteiger partial charge in [-0.25, -0.2) is 0 Å². The molecule has 1 aromatic heterocycles. The summed E-state index contributed by atoms with van der Waals surface area (Å²) in [5.74, 6) is 1.20. The minimum Gasteiger partial charge on any atom is -0.456 e. The van der Waals surface area contributed by atoms with Crippen molar-refractivity contribution in [3.8, 4) is 0 Å². The molecule has 84 valence electrons. The van der Waals surface area contributed by atoms with Crippen LogP contribution in [0.4, 0.5) is 0 Å². The second-order valence-electron chi connectivity index (χ2n) is 3.54. The summed E-state index contributed by atoms with van der Waals surface area (Å²) in [5, 5.41) is 0.760. The molecule has 0 aliphatic carbocycles. The average Bonchev–Trinajstić information content (AvgIpc) is 2.74. The Morgan fingerprint density at radius 1 is 1.60 bits per heavy atom.